The van der Waals surface area contributed by atoms with E-state index >= 15 is 0 Å². The summed E-state index contributed by atoms with van der Waals surface area (Å²) in [7, 11) is 0. The SMILES string of the molecule is CSCCCN(CCBr)C1CCCC1. The van der Waals surface area contributed by atoms with Gasteiger partial charge in [0.15, 0.2) is 0 Å². The van der Waals surface area contributed by atoms with E-state index in [0.29, 0.717) is 0 Å². The van der Waals surface area contributed by atoms with Crippen LogP contribution in [0.15, 0.2) is 0 Å². The molecule has 0 spiro atoms. The molecule has 0 aliphatic heterocycles. The Balaban J connectivity index is 2.22. The van der Waals surface area contributed by atoms with Gasteiger partial charge in [-0.3, -0.25) is 4.90 Å². The Kier molecular flexibility index (Phi) is 7.35. The molecule has 0 aromatic carbocycles. The highest BCUT2D eigenvalue weighted by Gasteiger charge is 2.21. The van der Waals surface area contributed by atoms with E-state index in [0.717, 1.165) is 11.4 Å². The van der Waals surface area contributed by atoms with Gasteiger partial charge < -0.3 is 0 Å². The Hall–Kier alpha value is 0.790. The highest BCUT2D eigenvalue weighted by atomic mass is 79.9. The lowest BCUT2D eigenvalue weighted by molar-refractivity contribution is 0.212. The Labute approximate surface area is 101 Å². The molecule has 1 fully saturated rings. The van der Waals surface area contributed by atoms with Crippen LogP contribution in [0.25, 0.3) is 0 Å². The van der Waals surface area contributed by atoms with Crippen molar-refractivity contribution in [2.24, 2.45) is 0 Å². The summed E-state index contributed by atoms with van der Waals surface area (Å²) in [5.74, 6) is 1.31. The predicted molar refractivity (Wildman–Crippen MR) is 70.6 cm³/mol. The van der Waals surface area contributed by atoms with Gasteiger partial charge in [0, 0.05) is 17.9 Å². The quantitative estimate of drug-likeness (QED) is 0.519. The molecule has 1 aliphatic rings. The van der Waals surface area contributed by atoms with Crippen molar-refractivity contribution in [1.29, 1.82) is 0 Å². The molecule has 1 rings (SSSR count). The molecule has 0 atom stereocenters. The van der Waals surface area contributed by atoms with Crippen molar-refractivity contribution in [2.45, 2.75) is 38.1 Å². The van der Waals surface area contributed by atoms with E-state index in [1.807, 2.05) is 11.8 Å². The number of hydrogen-bond acceptors (Lipinski definition) is 2. The Morgan fingerprint density at radius 1 is 1.29 bits per heavy atom. The number of thioether (sulfide) groups is 1. The second-order valence-corrected chi connectivity index (χ2v) is 5.79. The average Bonchev–Trinajstić information content (AvgIpc) is 2.70. The van der Waals surface area contributed by atoms with Gasteiger partial charge in [0.2, 0.25) is 0 Å². The third-order valence-electron chi connectivity index (χ3n) is 3.01. The van der Waals surface area contributed by atoms with E-state index in [2.05, 4.69) is 27.1 Å². The molecule has 1 saturated carbocycles. The lowest BCUT2D eigenvalue weighted by Crippen LogP contribution is -2.35. The van der Waals surface area contributed by atoms with Crippen molar-refractivity contribution < 1.29 is 0 Å². The third-order valence-corrected chi connectivity index (χ3v) is 4.06. The summed E-state index contributed by atoms with van der Waals surface area (Å²) in [6.07, 6.45) is 9.32. The summed E-state index contributed by atoms with van der Waals surface area (Å²) < 4.78 is 0. The molecule has 84 valence electrons. The van der Waals surface area contributed by atoms with Crippen LogP contribution in [0.4, 0.5) is 0 Å². The highest BCUT2D eigenvalue weighted by molar-refractivity contribution is 9.09. The fourth-order valence-corrected chi connectivity index (χ4v) is 3.14. The molecule has 1 nitrogen and oxygen atoms in total. The molecule has 0 N–H and O–H groups in total. The standard InChI is InChI=1S/C11H22BrNS/c1-14-10-4-8-13(9-7-12)11-5-2-3-6-11/h11H,2-10H2,1H3. The van der Waals surface area contributed by atoms with Crippen LogP contribution in [0.3, 0.4) is 0 Å². The highest BCUT2D eigenvalue weighted by Crippen LogP contribution is 2.23. The fraction of sp³-hybridized carbons (Fsp3) is 1.00. The zero-order valence-corrected chi connectivity index (χ0v) is 11.6. The predicted octanol–water partition coefficient (Wildman–Crippen LogP) is 3.38. The zero-order valence-electron chi connectivity index (χ0n) is 9.17. The third kappa shape index (κ3) is 4.54. The van der Waals surface area contributed by atoms with E-state index in [9.17, 15) is 0 Å². The van der Waals surface area contributed by atoms with Gasteiger partial charge in [-0.1, -0.05) is 28.8 Å². The minimum absolute atomic E-state index is 0.898. The summed E-state index contributed by atoms with van der Waals surface area (Å²) in [6.45, 7) is 2.54. The Bertz CT molecular complexity index is 137. The molecular formula is C11H22BrNS. The van der Waals surface area contributed by atoms with Crippen molar-refractivity contribution in [1.82, 2.24) is 4.90 Å². The van der Waals surface area contributed by atoms with E-state index in [1.165, 1.54) is 50.9 Å². The van der Waals surface area contributed by atoms with Crippen LogP contribution in [0, 0.1) is 0 Å². The minimum atomic E-state index is 0.898. The van der Waals surface area contributed by atoms with Gasteiger partial charge in [0.25, 0.3) is 0 Å². The van der Waals surface area contributed by atoms with Gasteiger partial charge in [-0.15, -0.1) is 0 Å². The van der Waals surface area contributed by atoms with Crippen molar-refractivity contribution in [3.05, 3.63) is 0 Å². The molecule has 0 saturated heterocycles. The van der Waals surface area contributed by atoms with E-state index < -0.39 is 0 Å². The number of halogens is 1. The topological polar surface area (TPSA) is 3.24 Å². The monoisotopic (exact) mass is 279 g/mol. The first-order chi connectivity index (χ1) is 6.88. The van der Waals surface area contributed by atoms with Crippen LogP contribution in [0.5, 0.6) is 0 Å². The van der Waals surface area contributed by atoms with E-state index in [1.54, 1.807) is 0 Å². The van der Waals surface area contributed by atoms with Crippen molar-refractivity contribution in [2.75, 3.05) is 30.4 Å². The average molecular weight is 280 g/mol. The first-order valence-electron chi connectivity index (χ1n) is 5.67. The lowest BCUT2D eigenvalue weighted by atomic mass is 10.2. The maximum atomic E-state index is 3.56. The summed E-state index contributed by atoms with van der Waals surface area (Å²) in [6, 6.07) is 0.898. The Morgan fingerprint density at radius 2 is 2.00 bits per heavy atom. The summed E-state index contributed by atoms with van der Waals surface area (Å²) in [5.41, 5.74) is 0. The molecule has 0 unspecified atom stereocenters. The first-order valence-corrected chi connectivity index (χ1v) is 8.19. The summed E-state index contributed by atoms with van der Waals surface area (Å²) in [4.78, 5) is 2.69. The van der Waals surface area contributed by atoms with Gasteiger partial charge in [-0.2, -0.15) is 11.8 Å². The lowest BCUT2D eigenvalue weighted by Gasteiger charge is -2.27. The van der Waals surface area contributed by atoms with Gasteiger partial charge in [-0.25, -0.2) is 0 Å². The largest absolute Gasteiger partial charge is 0.300 e. The van der Waals surface area contributed by atoms with Crippen molar-refractivity contribution in [3.63, 3.8) is 0 Å². The Morgan fingerprint density at radius 3 is 2.57 bits per heavy atom. The summed E-state index contributed by atoms with van der Waals surface area (Å²) >= 11 is 5.53. The van der Waals surface area contributed by atoms with E-state index in [-0.39, 0.29) is 0 Å². The van der Waals surface area contributed by atoms with Crippen LogP contribution in [0.2, 0.25) is 0 Å². The van der Waals surface area contributed by atoms with Crippen LogP contribution in [-0.2, 0) is 0 Å². The number of rotatable bonds is 7. The van der Waals surface area contributed by atoms with Crippen LogP contribution >= 0.6 is 27.7 Å². The fourth-order valence-electron chi connectivity index (χ4n) is 2.27. The number of nitrogens with zero attached hydrogens (tertiary/aromatic N) is 1. The molecule has 1 aliphatic carbocycles. The molecule has 0 aromatic heterocycles. The minimum Gasteiger partial charge on any atom is -0.300 e. The summed E-state index contributed by atoms with van der Waals surface area (Å²) in [5, 5.41) is 1.13. The number of alkyl halides is 1. The van der Waals surface area contributed by atoms with Gasteiger partial charge in [-0.05, 0) is 37.8 Å². The van der Waals surface area contributed by atoms with E-state index in [4.69, 9.17) is 0 Å². The van der Waals surface area contributed by atoms with Crippen LogP contribution in [-0.4, -0.2) is 41.4 Å². The second-order valence-electron chi connectivity index (χ2n) is 4.01. The molecule has 0 radical (unpaired) electrons. The van der Waals surface area contributed by atoms with Gasteiger partial charge >= 0.3 is 0 Å². The van der Waals surface area contributed by atoms with Gasteiger partial charge in [0.05, 0.1) is 0 Å². The van der Waals surface area contributed by atoms with Crippen LogP contribution in [0.1, 0.15) is 32.1 Å². The second kappa shape index (κ2) is 8.00. The van der Waals surface area contributed by atoms with Gasteiger partial charge in [0.1, 0.15) is 0 Å². The van der Waals surface area contributed by atoms with Crippen molar-refractivity contribution in [3.8, 4) is 0 Å². The molecule has 0 bridgehead atoms. The smallest absolute Gasteiger partial charge is 0.0159 e. The number of hydrogen-bond donors (Lipinski definition) is 0. The molecular weight excluding hydrogens is 258 g/mol. The zero-order chi connectivity index (χ0) is 10.2. The maximum absolute atomic E-state index is 3.56. The molecule has 14 heavy (non-hydrogen) atoms. The molecule has 0 aromatic rings. The van der Waals surface area contributed by atoms with Crippen LogP contribution < -0.4 is 0 Å². The molecule has 3 heteroatoms. The first kappa shape index (κ1) is 12.9. The molecule has 0 amide bonds. The normalized spacial score (nSPS) is 18.2. The van der Waals surface area contributed by atoms with Crippen molar-refractivity contribution >= 4 is 27.7 Å². The maximum Gasteiger partial charge on any atom is 0.0159 e. The molecule has 0 heterocycles.